The number of methoxy groups -OCH3 is 1. The van der Waals surface area contributed by atoms with E-state index in [0.717, 1.165) is 24.3 Å². The van der Waals surface area contributed by atoms with Gasteiger partial charge in [-0.3, -0.25) is 9.59 Å². The Bertz CT molecular complexity index is 1140. The Balaban J connectivity index is 1.89. The number of nitrogens with one attached hydrogen (secondary N) is 2. The average molecular weight is 418 g/mol. The average Bonchev–Trinajstić information content (AvgIpc) is 2.74. The molecule has 154 valence electrons. The number of ether oxygens (including phenoxy) is 1. The molecular weight excluding hydrogens is 404 g/mol. The lowest BCUT2D eigenvalue weighted by Gasteiger charge is -2.12. The minimum absolute atomic E-state index is 0.0535. The third-order valence-corrected chi connectivity index (χ3v) is 4.11. The third-order valence-electron chi connectivity index (χ3n) is 4.11. The molecule has 0 fully saturated rings. The lowest BCUT2D eigenvalue weighted by molar-refractivity contribution is 0.102. The molecule has 0 heterocycles. The SMILES string of the molecule is COc1ccc(C(=O)Nc2cccc(F)c2F)cc1C(=O)Nc1cccc(F)c1F. The summed E-state index contributed by atoms with van der Waals surface area (Å²) < 4.78 is 59.4. The summed E-state index contributed by atoms with van der Waals surface area (Å²) in [4.78, 5) is 25.0. The van der Waals surface area contributed by atoms with Gasteiger partial charge in [-0.1, -0.05) is 12.1 Å². The van der Waals surface area contributed by atoms with E-state index in [9.17, 15) is 27.2 Å². The topological polar surface area (TPSA) is 67.4 Å². The van der Waals surface area contributed by atoms with Crippen molar-refractivity contribution in [3.8, 4) is 5.75 Å². The molecule has 0 atom stereocenters. The summed E-state index contributed by atoms with van der Waals surface area (Å²) in [5, 5.41) is 4.40. The highest BCUT2D eigenvalue weighted by atomic mass is 19.2. The summed E-state index contributed by atoms with van der Waals surface area (Å²) in [6, 6.07) is 10.3. The maximum Gasteiger partial charge on any atom is 0.259 e. The van der Waals surface area contributed by atoms with Gasteiger partial charge in [0, 0.05) is 5.56 Å². The van der Waals surface area contributed by atoms with Crippen LogP contribution in [0.4, 0.5) is 28.9 Å². The molecule has 0 saturated heterocycles. The molecule has 0 unspecified atom stereocenters. The number of hydrogen-bond acceptors (Lipinski definition) is 3. The van der Waals surface area contributed by atoms with Crippen LogP contribution in [0.2, 0.25) is 0 Å². The second kappa shape index (κ2) is 8.64. The molecule has 0 radical (unpaired) electrons. The van der Waals surface area contributed by atoms with Crippen LogP contribution in [0.5, 0.6) is 5.75 Å². The van der Waals surface area contributed by atoms with Gasteiger partial charge in [0.25, 0.3) is 11.8 Å². The van der Waals surface area contributed by atoms with Crippen LogP contribution in [0.1, 0.15) is 20.7 Å². The van der Waals surface area contributed by atoms with Crippen molar-refractivity contribution in [3.05, 3.63) is 89.0 Å². The second-order valence-electron chi connectivity index (χ2n) is 6.03. The maximum atomic E-state index is 13.8. The highest BCUT2D eigenvalue weighted by Crippen LogP contribution is 2.24. The van der Waals surface area contributed by atoms with Gasteiger partial charge in [0.15, 0.2) is 23.3 Å². The molecule has 2 N–H and O–H groups in total. The van der Waals surface area contributed by atoms with Crippen molar-refractivity contribution in [1.29, 1.82) is 0 Å². The maximum absolute atomic E-state index is 13.8. The molecule has 0 aliphatic rings. The zero-order valence-corrected chi connectivity index (χ0v) is 15.4. The molecule has 0 aliphatic heterocycles. The van der Waals surface area contributed by atoms with Gasteiger partial charge in [-0.2, -0.15) is 0 Å². The predicted octanol–water partition coefficient (Wildman–Crippen LogP) is 4.76. The fraction of sp³-hybridized carbons (Fsp3) is 0.0476. The highest BCUT2D eigenvalue weighted by molar-refractivity contribution is 6.10. The summed E-state index contributed by atoms with van der Waals surface area (Å²) in [5.74, 6) is -6.42. The number of anilines is 2. The van der Waals surface area contributed by atoms with Crippen LogP contribution in [0, 0.1) is 23.3 Å². The lowest BCUT2D eigenvalue weighted by atomic mass is 10.1. The summed E-state index contributed by atoms with van der Waals surface area (Å²) in [7, 11) is 1.27. The lowest BCUT2D eigenvalue weighted by Crippen LogP contribution is -2.18. The van der Waals surface area contributed by atoms with Crippen molar-refractivity contribution in [3.63, 3.8) is 0 Å². The van der Waals surface area contributed by atoms with Gasteiger partial charge in [-0.15, -0.1) is 0 Å². The van der Waals surface area contributed by atoms with E-state index in [2.05, 4.69) is 10.6 Å². The fourth-order valence-corrected chi connectivity index (χ4v) is 2.61. The quantitative estimate of drug-likeness (QED) is 0.588. The molecular formula is C21H14F4N2O3. The number of rotatable bonds is 5. The number of halogens is 4. The normalized spacial score (nSPS) is 10.4. The standard InChI is InChI=1S/C21H14F4N2O3/c1-30-17-9-8-11(20(28)26-15-6-2-4-13(22)18(15)24)10-12(17)21(29)27-16-7-3-5-14(23)19(16)25/h2-10H,1H3,(H,26,28)(H,27,29). The Morgan fingerprint density at radius 2 is 1.30 bits per heavy atom. The van der Waals surface area contributed by atoms with Crippen LogP contribution in [0.25, 0.3) is 0 Å². The van der Waals surface area contributed by atoms with Crippen molar-refractivity contribution in [2.24, 2.45) is 0 Å². The molecule has 2 amide bonds. The molecule has 30 heavy (non-hydrogen) atoms. The van der Waals surface area contributed by atoms with Gasteiger partial charge in [-0.25, -0.2) is 17.6 Å². The Labute approximate surface area is 168 Å². The molecule has 0 aromatic heterocycles. The zero-order valence-electron chi connectivity index (χ0n) is 15.4. The molecule has 3 rings (SSSR count). The van der Waals surface area contributed by atoms with Crippen molar-refractivity contribution >= 4 is 23.2 Å². The molecule has 0 saturated carbocycles. The number of carbonyl (C=O) groups excluding carboxylic acids is 2. The van der Waals surface area contributed by atoms with E-state index in [1.165, 1.54) is 37.4 Å². The van der Waals surface area contributed by atoms with Gasteiger partial charge in [-0.05, 0) is 42.5 Å². The zero-order chi connectivity index (χ0) is 21.8. The first-order valence-corrected chi connectivity index (χ1v) is 8.50. The smallest absolute Gasteiger partial charge is 0.259 e. The van der Waals surface area contributed by atoms with E-state index in [0.29, 0.717) is 0 Å². The minimum atomic E-state index is -1.25. The van der Waals surface area contributed by atoms with E-state index < -0.39 is 40.8 Å². The van der Waals surface area contributed by atoms with Crippen molar-refractivity contribution in [2.45, 2.75) is 0 Å². The monoisotopic (exact) mass is 418 g/mol. The third kappa shape index (κ3) is 4.24. The summed E-state index contributed by atoms with van der Waals surface area (Å²) >= 11 is 0. The van der Waals surface area contributed by atoms with Crippen molar-refractivity contribution < 1.29 is 31.9 Å². The largest absolute Gasteiger partial charge is 0.496 e. The van der Waals surface area contributed by atoms with Crippen LogP contribution in [0.15, 0.2) is 54.6 Å². The Kier molecular flexibility index (Phi) is 6.01. The molecule has 3 aromatic rings. The number of benzene rings is 3. The summed E-state index contributed by atoms with van der Waals surface area (Å²) in [6.45, 7) is 0. The van der Waals surface area contributed by atoms with E-state index in [-0.39, 0.29) is 22.6 Å². The van der Waals surface area contributed by atoms with Gasteiger partial charge in [0.2, 0.25) is 0 Å². The molecule has 5 nitrogen and oxygen atoms in total. The summed E-state index contributed by atoms with van der Waals surface area (Å²) in [6.07, 6.45) is 0. The van der Waals surface area contributed by atoms with Crippen LogP contribution in [-0.2, 0) is 0 Å². The molecule has 0 bridgehead atoms. The molecule has 9 heteroatoms. The first-order chi connectivity index (χ1) is 14.3. The Hall–Kier alpha value is -3.88. The van der Waals surface area contributed by atoms with Crippen molar-refractivity contribution in [1.82, 2.24) is 0 Å². The number of carbonyl (C=O) groups is 2. The van der Waals surface area contributed by atoms with Gasteiger partial charge in [0.1, 0.15) is 5.75 Å². The highest BCUT2D eigenvalue weighted by Gasteiger charge is 2.19. The van der Waals surface area contributed by atoms with Crippen LogP contribution < -0.4 is 15.4 Å². The number of amides is 2. The van der Waals surface area contributed by atoms with Gasteiger partial charge < -0.3 is 15.4 Å². The Morgan fingerprint density at radius 3 is 1.83 bits per heavy atom. The second-order valence-corrected chi connectivity index (χ2v) is 6.03. The molecule has 3 aromatic carbocycles. The first-order valence-electron chi connectivity index (χ1n) is 8.50. The van der Waals surface area contributed by atoms with Gasteiger partial charge in [0.05, 0.1) is 24.0 Å². The van der Waals surface area contributed by atoms with E-state index in [1.807, 2.05) is 0 Å². The van der Waals surface area contributed by atoms with Gasteiger partial charge >= 0.3 is 0 Å². The predicted molar refractivity (Wildman–Crippen MR) is 102 cm³/mol. The Morgan fingerprint density at radius 1 is 0.767 bits per heavy atom. The van der Waals surface area contributed by atoms with E-state index in [4.69, 9.17) is 4.74 Å². The summed E-state index contributed by atoms with van der Waals surface area (Å²) in [5.41, 5.74) is -1.03. The van der Waals surface area contributed by atoms with Crippen LogP contribution in [0.3, 0.4) is 0 Å². The van der Waals surface area contributed by atoms with Crippen LogP contribution >= 0.6 is 0 Å². The molecule has 0 spiro atoms. The first kappa shape index (κ1) is 20.8. The van der Waals surface area contributed by atoms with E-state index in [1.54, 1.807) is 0 Å². The van der Waals surface area contributed by atoms with Crippen molar-refractivity contribution in [2.75, 3.05) is 17.7 Å². The number of hydrogen-bond donors (Lipinski definition) is 2. The van der Waals surface area contributed by atoms with Crippen LogP contribution in [-0.4, -0.2) is 18.9 Å². The van der Waals surface area contributed by atoms with E-state index >= 15 is 0 Å². The fourth-order valence-electron chi connectivity index (χ4n) is 2.61. The minimum Gasteiger partial charge on any atom is -0.496 e. The molecule has 0 aliphatic carbocycles.